The molecule has 0 bridgehead atoms. The van der Waals surface area contributed by atoms with Crippen molar-refractivity contribution < 1.29 is 5.11 Å². The first kappa shape index (κ1) is 13.2. The van der Waals surface area contributed by atoms with E-state index in [0.717, 1.165) is 18.8 Å². The minimum Gasteiger partial charge on any atom is -0.385 e. The normalized spacial score (nSPS) is 38.8. The molecule has 0 radical (unpaired) electrons. The minimum absolute atomic E-state index is 0.470. The van der Waals surface area contributed by atoms with Gasteiger partial charge in [-0.2, -0.15) is 0 Å². The third-order valence-electron chi connectivity index (χ3n) is 5.61. The quantitative estimate of drug-likeness (QED) is 0.780. The molecule has 0 amide bonds. The van der Waals surface area contributed by atoms with Crippen LogP contribution in [0.3, 0.4) is 0 Å². The van der Waals surface area contributed by atoms with Crippen molar-refractivity contribution in [2.75, 3.05) is 0 Å². The molecule has 1 fully saturated rings. The summed E-state index contributed by atoms with van der Waals surface area (Å²) in [5.41, 5.74) is 2.06. The lowest BCUT2D eigenvalue weighted by atomic mass is 9.64. The van der Waals surface area contributed by atoms with Gasteiger partial charge in [-0.3, -0.25) is 0 Å². The van der Waals surface area contributed by atoms with Crippen molar-refractivity contribution in [1.82, 2.24) is 0 Å². The summed E-state index contributed by atoms with van der Waals surface area (Å²) in [6.07, 6.45) is 7.03. The van der Waals surface area contributed by atoms with Gasteiger partial charge in [0.05, 0.1) is 5.60 Å². The van der Waals surface area contributed by atoms with Gasteiger partial charge < -0.3 is 5.11 Å². The van der Waals surface area contributed by atoms with Crippen LogP contribution >= 0.6 is 0 Å². The second-order valence-corrected chi connectivity index (χ2v) is 6.91. The highest BCUT2D eigenvalue weighted by molar-refractivity contribution is 5.37. The Hall–Kier alpha value is -0.820. The monoisotopic (exact) mass is 258 g/mol. The molecule has 1 aromatic rings. The van der Waals surface area contributed by atoms with Gasteiger partial charge in [0.2, 0.25) is 0 Å². The molecule has 1 nitrogen and oxygen atoms in total. The lowest BCUT2D eigenvalue weighted by molar-refractivity contribution is -0.0588. The van der Waals surface area contributed by atoms with Gasteiger partial charge in [0.1, 0.15) is 0 Å². The highest BCUT2D eigenvalue weighted by atomic mass is 16.3. The van der Waals surface area contributed by atoms with Crippen LogP contribution in [0.4, 0.5) is 0 Å². The van der Waals surface area contributed by atoms with E-state index in [0.29, 0.717) is 11.8 Å². The standard InChI is InChI=1S/C18H26O/c1-13-7-9-15(10-8-13)18(19)12-11-14(2)16-5-3-4-6-17(16)18/h3-6,13-15,19H,7-12H2,1-2H3. The van der Waals surface area contributed by atoms with Gasteiger partial charge in [0.25, 0.3) is 0 Å². The molecule has 0 aliphatic heterocycles. The zero-order valence-electron chi connectivity index (χ0n) is 12.2. The Balaban J connectivity index is 1.94. The van der Waals surface area contributed by atoms with Crippen LogP contribution < -0.4 is 0 Å². The molecule has 19 heavy (non-hydrogen) atoms. The number of fused-ring (bicyclic) bond motifs is 1. The average molecular weight is 258 g/mol. The fourth-order valence-electron chi connectivity index (χ4n) is 4.21. The highest BCUT2D eigenvalue weighted by Crippen LogP contribution is 2.49. The van der Waals surface area contributed by atoms with E-state index in [-0.39, 0.29) is 0 Å². The molecule has 1 N–H and O–H groups in total. The van der Waals surface area contributed by atoms with Gasteiger partial charge in [-0.15, -0.1) is 0 Å². The molecule has 3 rings (SSSR count). The fraction of sp³-hybridized carbons (Fsp3) is 0.667. The van der Waals surface area contributed by atoms with Crippen LogP contribution in [0.5, 0.6) is 0 Å². The molecule has 2 aliphatic carbocycles. The summed E-state index contributed by atoms with van der Waals surface area (Å²) in [6.45, 7) is 4.64. The summed E-state index contributed by atoms with van der Waals surface area (Å²) in [5.74, 6) is 1.91. The summed E-state index contributed by atoms with van der Waals surface area (Å²) < 4.78 is 0. The first-order valence-electron chi connectivity index (χ1n) is 7.93. The van der Waals surface area contributed by atoms with Crippen molar-refractivity contribution in [2.45, 2.75) is 63.9 Å². The summed E-state index contributed by atoms with van der Waals surface area (Å²) in [4.78, 5) is 0. The first-order chi connectivity index (χ1) is 9.11. The molecular weight excluding hydrogens is 232 g/mol. The Morgan fingerprint density at radius 3 is 2.42 bits per heavy atom. The smallest absolute Gasteiger partial charge is 0.0927 e. The third kappa shape index (κ3) is 2.23. The molecule has 1 aromatic carbocycles. The van der Waals surface area contributed by atoms with Crippen molar-refractivity contribution in [3.8, 4) is 0 Å². The maximum atomic E-state index is 11.4. The van der Waals surface area contributed by atoms with Crippen molar-refractivity contribution in [3.05, 3.63) is 35.4 Å². The molecule has 104 valence electrons. The maximum absolute atomic E-state index is 11.4. The second kappa shape index (κ2) is 4.94. The predicted molar refractivity (Wildman–Crippen MR) is 79.1 cm³/mol. The zero-order chi connectivity index (χ0) is 13.5. The number of rotatable bonds is 1. The van der Waals surface area contributed by atoms with E-state index in [1.54, 1.807) is 0 Å². The zero-order valence-corrected chi connectivity index (χ0v) is 12.2. The number of benzene rings is 1. The van der Waals surface area contributed by atoms with Gasteiger partial charge in [0.15, 0.2) is 0 Å². The Morgan fingerprint density at radius 1 is 1.00 bits per heavy atom. The lowest BCUT2D eigenvalue weighted by Crippen LogP contribution is -2.40. The van der Waals surface area contributed by atoms with Crippen LogP contribution in [0.15, 0.2) is 24.3 Å². The van der Waals surface area contributed by atoms with Gasteiger partial charge in [-0.25, -0.2) is 0 Å². The number of aliphatic hydroxyl groups is 1. The summed E-state index contributed by atoms with van der Waals surface area (Å²) >= 11 is 0. The largest absolute Gasteiger partial charge is 0.385 e. The lowest BCUT2D eigenvalue weighted by Gasteiger charge is -2.45. The predicted octanol–water partition coefficient (Wildman–Crippen LogP) is 4.60. The van der Waals surface area contributed by atoms with Gasteiger partial charge in [-0.05, 0) is 54.6 Å². The molecule has 1 saturated carbocycles. The summed E-state index contributed by atoms with van der Waals surface area (Å²) in [5, 5.41) is 11.4. The van der Waals surface area contributed by atoms with E-state index in [2.05, 4.69) is 38.1 Å². The maximum Gasteiger partial charge on any atom is 0.0927 e. The van der Waals surface area contributed by atoms with E-state index in [1.807, 2.05) is 0 Å². The Labute approximate surface area is 117 Å². The summed E-state index contributed by atoms with van der Waals surface area (Å²) in [6, 6.07) is 8.59. The molecule has 2 unspecified atom stereocenters. The molecule has 0 saturated heterocycles. The van der Waals surface area contributed by atoms with E-state index < -0.39 is 5.60 Å². The molecule has 0 aromatic heterocycles. The molecule has 0 spiro atoms. The van der Waals surface area contributed by atoms with Crippen LogP contribution in [0.2, 0.25) is 0 Å². The Bertz CT molecular complexity index is 445. The van der Waals surface area contributed by atoms with Crippen LogP contribution in [0, 0.1) is 11.8 Å². The number of hydrogen-bond donors (Lipinski definition) is 1. The summed E-state index contributed by atoms with van der Waals surface area (Å²) in [7, 11) is 0. The topological polar surface area (TPSA) is 20.2 Å². The van der Waals surface area contributed by atoms with Gasteiger partial charge in [-0.1, -0.05) is 51.0 Å². The molecule has 2 aliphatic rings. The van der Waals surface area contributed by atoms with Gasteiger partial charge >= 0.3 is 0 Å². The Morgan fingerprint density at radius 2 is 1.68 bits per heavy atom. The van der Waals surface area contributed by atoms with Crippen LogP contribution in [0.1, 0.15) is 69.4 Å². The second-order valence-electron chi connectivity index (χ2n) is 6.91. The third-order valence-corrected chi connectivity index (χ3v) is 5.61. The SMILES string of the molecule is CC1CCC(C2(O)CCC(C)c3ccccc32)CC1. The molecule has 0 heterocycles. The van der Waals surface area contributed by atoms with E-state index in [1.165, 1.54) is 36.8 Å². The van der Waals surface area contributed by atoms with Crippen LogP contribution in [-0.2, 0) is 5.60 Å². The molecule has 2 atom stereocenters. The van der Waals surface area contributed by atoms with Crippen molar-refractivity contribution in [2.24, 2.45) is 11.8 Å². The van der Waals surface area contributed by atoms with Gasteiger partial charge in [0, 0.05) is 0 Å². The molecular formula is C18H26O. The first-order valence-corrected chi connectivity index (χ1v) is 7.93. The van der Waals surface area contributed by atoms with Crippen LogP contribution in [0.25, 0.3) is 0 Å². The highest BCUT2D eigenvalue weighted by Gasteiger charge is 2.43. The van der Waals surface area contributed by atoms with Crippen LogP contribution in [-0.4, -0.2) is 5.11 Å². The minimum atomic E-state index is -0.552. The van der Waals surface area contributed by atoms with Crippen molar-refractivity contribution >= 4 is 0 Å². The number of hydrogen-bond acceptors (Lipinski definition) is 1. The van der Waals surface area contributed by atoms with E-state index in [9.17, 15) is 5.11 Å². The Kier molecular flexibility index (Phi) is 3.42. The fourth-order valence-corrected chi connectivity index (χ4v) is 4.21. The van der Waals surface area contributed by atoms with E-state index in [4.69, 9.17) is 0 Å². The molecule has 1 heteroatoms. The average Bonchev–Trinajstić information content (AvgIpc) is 2.44. The van der Waals surface area contributed by atoms with Crippen molar-refractivity contribution in [3.63, 3.8) is 0 Å². The van der Waals surface area contributed by atoms with Crippen molar-refractivity contribution in [1.29, 1.82) is 0 Å². The van der Waals surface area contributed by atoms with E-state index >= 15 is 0 Å².